The highest BCUT2D eigenvalue weighted by Gasteiger charge is 2.11. The van der Waals surface area contributed by atoms with Crippen molar-refractivity contribution in [1.82, 2.24) is 14.8 Å². The lowest BCUT2D eigenvalue weighted by molar-refractivity contribution is -0.136. The fourth-order valence-electron chi connectivity index (χ4n) is 2.58. The maximum absolute atomic E-state index is 12.1. The molecule has 1 amide bonds. The van der Waals surface area contributed by atoms with Gasteiger partial charge in [0, 0.05) is 23.3 Å². The van der Waals surface area contributed by atoms with E-state index in [9.17, 15) is 9.59 Å². The first-order valence-electron chi connectivity index (χ1n) is 8.09. The Morgan fingerprint density at radius 2 is 2.19 bits per heavy atom. The van der Waals surface area contributed by atoms with Gasteiger partial charge < -0.3 is 9.84 Å². The Bertz CT molecular complexity index is 993. The molecule has 8 nitrogen and oxygen atoms in total. The molecule has 2 heterocycles. The molecule has 0 aliphatic carbocycles. The largest absolute Gasteiger partial charge is 0.496 e. The van der Waals surface area contributed by atoms with Gasteiger partial charge in [-0.05, 0) is 30.7 Å². The van der Waals surface area contributed by atoms with Gasteiger partial charge in [0.05, 0.1) is 31.4 Å². The number of hydrazone groups is 1. The molecule has 0 aliphatic rings. The van der Waals surface area contributed by atoms with Crippen LogP contribution in [-0.4, -0.2) is 39.2 Å². The van der Waals surface area contributed by atoms with E-state index in [1.165, 1.54) is 18.4 Å². The zero-order valence-corrected chi connectivity index (χ0v) is 15.6. The molecule has 0 aliphatic heterocycles. The van der Waals surface area contributed by atoms with Crippen LogP contribution in [0.2, 0.25) is 0 Å². The van der Waals surface area contributed by atoms with E-state index in [4.69, 9.17) is 9.84 Å². The predicted octanol–water partition coefficient (Wildman–Crippen LogP) is 2.11. The summed E-state index contributed by atoms with van der Waals surface area (Å²) < 4.78 is 7.05. The summed E-state index contributed by atoms with van der Waals surface area (Å²) in [5.74, 6) is -0.731. The Hall–Kier alpha value is -3.20. The Balaban J connectivity index is 1.68. The first-order chi connectivity index (χ1) is 13.0. The smallest absolute Gasteiger partial charge is 0.307 e. The first kappa shape index (κ1) is 18.6. The number of fused-ring (bicyclic) bond motifs is 1. The van der Waals surface area contributed by atoms with Gasteiger partial charge >= 0.3 is 5.97 Å². The molecule has 0 saturated carbocycles. The number of carbonyl (C=O) groups is 2. The molecule has 0 unspecified atom stereocenters. The number of aromatic nitrogens is 2. The molecule has 0 bridgehead atoms. The molecule has 2 aromatic heterocycles. The highest BCUT2D eigenvalue weighted by Crippen LogP contribution is 2.21. The van der Waals surface area contributed by atoms with Crippen LogP contribution in [0.25, 0.3) is 4.96 Å². The van der Waals surface area contributed by atoms with Crippen LogP contribution in [0.4, 0.5) is 0 Å². The number of hydrogen-bond acceptors (Lipinski definition) is 6. The molecule has 140 valence electrons. The van der Waals surface area contributed by atoms with Crippen molar-refractivity contribution in [2.75, 3.05) is 7.11 Å². The van der Waals surface area contributed by atoms with E-state index in [1.54, 1.807) is 25.1 Å². The highest BCUT2D eigenvalue weighted by atomic mass is 32.1. The summed E-state index contributed by atoms with van der Waals surface area (Å²) >= 11 is 1.50. The number of benzene rings is 1. The van der Waals surface area contributed by atoms with E-state index in [1.807, 2.05) is 22.2 Å². The lowest BCUT2D eigenvalue weighted by atomic mass is 10.0. The number of carboxylic acid groups (broad SMARTS) is 1. The number of carboxylic acids is 1. The zero-order chi connectivity index (χ0) is 19.4. The molecule has 0 radical (unpaired) electrons. The lowest BCUT2D eigenvalue weighted by Crippen LogP contribution is -2.21. The van der Waals surface area contributed by atoms with E-state index in [0.717, 1.165) is 4.96 Å². The van der Waals surface area contributed by atoms with Gasteiger partial charge in [-0.3, -0.25) is 14.0 Å². The molecule has 0 atom stereocenters. The number of amides is 1. The normalized spacial score (nSPS) is 11.6. The molecule has 3 aromatic rings. The third-order valence-corrected chi connectivity index (χ3v) is 4.64. The molecular formula is C18H18N4O4S. The molecule has 0 spiro atoms. The average molecular weight is 386 g/mol. The summed E-state index contributed by atoms with van der Waals surface area (Å²) in [6.45, 7) is 1.74. The first-order valence-corrected chi connectivity index (χ1v) is 8.97. The van der Waals surface area contributed by atoms with Crippen molar-refractivity contribution < 1.29 is 19.4 Å². The number of aliphatic carboxylic acids is 1. The van der Waals surface area contributed by atoms with E-state index < -0.39 is 5.97 Å². The van der Waals surface area contributed by atoms with Crippen LogP contribution < -0.4 is 10.2 Å². The van der Waals surface area contributed by atoms with E-state index in [-0.39, 0.29) is 18.7 Å². The SMILES string of the molecule is COc1ccc(/C(C)=N\NC(=O)Cc2cn3ccsc3n2)cc1CC(=O)O. The predicted molar refractivity (Wildman–Crippen MR) is 101 cm³/mol. The summed E-state index contributed by atoms with van der Waals surface area (Å²) in [6.07, 6.45) is 3.66. The number of hydrogen-bond donors (Lipinski definition) is 2. The number of carbonyl (C=O) groups excluding carboxylic acids is 1. The number of methoxy groups -OCH3 is 1. The fourth-order valence-corrected chi connectivity index (χ4v) is 3.30. The number of imidazole rings is 1. The zero-order valence-electron chi connectivity index (χ0n) is 14.8. The number of ether oxygens (including phenoxy) is 1. The Morgan fingerprint density at radius 1 is 1.37 bits per heavy atom. The maximum atomic E-state index is 12.1. The minimum atomic E-state index is -0.951. The molecular weight excluding hydrogens is 368 g/mol. The summed E-state index contributed by atoms with van der Waals surface area (Å²) in [5.41, 5.74) is 4.98. The van der Waals surface area contributed by atoms with Gasteiger partial charge in [-0.1, -0.05) is 0 Å². The lowest BCUT2D eigenvalue weighted by Gasteiger charge is -2.09. The summed E-state index contributed by atoms with van der Waals surface area (Å²) in [6, 6.07) is 5.15. The minimum absolute atomic E-state index is 0.123. The van der Waals surface area contributed by atoms with Crippen molar-refractivity contribution in [3.05, 3.63) is 52.8 Å². The van der Waals surface area contributed by atoms with Crippen LogP contribution in [0.15, 0.2) is 41.1 Å². The Kier molecular flexibility index (Phi) is 5.51. The van der Waals surface area contributed by atoms with E-state index in [0.29, 0.717) is 28.3 Å². The van der Waals surface area contributed by atoms with Gasteiger partial charge in [0.25, 0.3) is 0 Å². The topological polar surface area (TPSA) is 105 Å². The number of thiazole rings is 1. The van der Waals surface area contributed by atoms with Crippen molar-refractivity contribution >= 4 is 33.9 Å². The molecule has 2 N–H and O–H groups in total. The van der Waals surface area contributed by atoms with E-state index >= 15 is 0 Å². The summed E-state index contributed by atoms with van der Waals surface area (Å²) in [7, 11) is 1.49. The van der Waals surface area contributed by atoms with Crippen molar-refractivity contribution in [2.24, 2.45) is 5.10 Å². The van der Waals surface area contributed by atoms with Gasteiger partial charge in [-0.2, -0.15) is 5.10 Å². The second-order valence-corrected chi connectivity index (χ2v) is 6.70. The third kappa shape index (κ3) is 4.50. The molecule has 9 heteroatoms. The van der Waals surface area contributed by atoms with Gasteiger partial charge in [0.15, 0.2) is 4.96 Å². The Morgan fingerprint density at radius 3 is 2.89 bits per heavy atom. The number of nitrogens with one attached hydrogen (secondary N) is 1. The van der Waals surface area contributed by atoms with Crippen molar-refractivity contribution in [3.8, 4) is 5.75 Å². The fraction of sp³-hybridized carbons (Fsp3) is 0.222. The second kappa shape index (κ2) is 8.00. The van der Waals surface area contributed by atoms with Gasteiger partial charge in [0.2, 0.25) is 5.91 Å². The van der Waals surface area contributed by atoms with Crippen molar-refractivity contribution in [3.63, 3.8) is 0 Å². The molecule has 3 rings (SSSR count). The third-order valence-electron chi connectivity index (χ3n) is 3.87. The van der Waals surface area contributed by atoms with E-state index in [2.05, 4.69) is 15.5 Å². The maximum Gasteiger partial charge on any atom is 0.307 e. The van der Waals surface area contributed by atoms with Crippen molar-refractivity contribution in [1.29, 1.82) is 0 Å². The van der Waals surface area contributed by atoms with Crippen LogP contribution in [-0.2, 0) is 22.4 Å². The standard InChI is InChI=1S/C18H18N4O4S/c1-11(12-3-4-15(26-2)13(7-12)8-17(24)25)20-21-16(23)9-14-10-22-5-6-27-18(22)19-14/h3-7,10H,8-9H2,1-2H3,(H,21,23)(H,24,25)/b20-11-. The van der Waals surface area contributed by atoms with Crippen LogP contribution >= 0.6 is 11.3 Å². The van der Waals surface area contributed by atoms with Crippen LogP contribution in [0.1, 0.15) is 23.7 Å². The van der Waals surface area contributed by atoms with Gasteiger partial charge in [-0.25, -0.2) is 10.4 Å². The Labute approximate surface area is 159 Å². The minimum Gasteiger partial charge on any atom is -0.496 e. The molecule has 0 saturated heterocycles. The molecule has 0 fully saturated rings. The van der Waals surface area contributed by atoms with Crippen LogP contribution in [0.5, 0.6) is 5.75 Å². The summed E-state index contributed by atoms with van der Waals surface area (Å²) in [4.78, 5) is 28.3. The van der Waals surface area contributed by atoms with Gasteiger partial charge in [-0.15, -0.1) is 11.3 Å². The number of nitrogens with zero attached hydrogens (tertiary/aromatic N) is 3. The van der Waals surface area contributed by atoms with Gasteiger partial charge in [0.1, 0.15) is 5.75 Å². The molecule has 27 heavy (non-hydrogen) atoms. The molecule has 1 aromatic carbocycles. The quantitative estimate of drug-likeness (QED) is 0.478. The van der Waals surface area contributed by atoms with Crippen LogP contribution in [0, 0.1) is 0 Å². The average Bonchev–Trinajstić information content (AvgIpc) is 3.20. The monoisotopic (exact) mass is 386 g/mol. The summed E-state index contributed by atoms with van der Waals surface area (Å²) in [5, 5.41) is 15.0. The number of rotatable bonds is 7. The highest BCUT2D eigenvalue weighted by molar-refractivity contribution is 7.15. The van der Waals surface area contributed by atoms with Crippen molar-refractivity contribution in [2.45, 2.75) is 19.8 Å². The van der Waals surface area contributed by atoms with Crippen LogP contribution in [0.3, 0.4) is 0 Å². The second-order valence-electron chi connectivity index (χ2n) is 5.83.